The lowest BCUT2D eigenvalue weighted by Gasteiger charge is -2.13. The molecule has 4 aromatic rings. The second kappa shape index (κ2) is 8.49. The first-order valence-electron chi connectivity index (χ1n) is 9.37. The van der Waals surface area contributed by atoms with Crippen LogP contribution in [0.2, 0.25) is 10.0 Å². The second-order valence-corrected chi connectivity index (χ2v) is 7.85. The first-order valence-corrected chi connectivity index (χ1v) is 10.1. The van der Waals surface area contributed by atoms with Crippen molar-refractivity contribution in [3.63, 3.8) is 0 Å². The Morgan fingerprint density at radius 1 is 1.13 bits per heavy atom. The molecule has 0 radical (unpaired) electrons. The number of carbonyl (C=O) groups is 1. The smallest absolute Gasteiger partial charge is 0.268 e. The van der Waals surface area contributed by atoms with Gasteiger partial charge in [0, 0.05) is 46.8 Å². The lowest BCUT2D eigenvalue weighted by molar-refractivity contribution is 0.0943. The Hall–Kier alpha value is -3.22. The van der Waals surface area contributed by atoms with Gasteiger partial charge in [-0.3, -0.25) is 4.79 Å². The van der Waals surface area contributed by atoms with Gasteiger partial charge in [0.15, 0.2) is 11.6 Å². The van der Waals surface area contributed by atoms with Crippen LogP contribution in [0.3, 0.4) is 0 Å². The summed E-state index contributed by atoms with van der Waals surface area (Å²) in [4.78, 5) is 12.7. The number of nitrogens with zero attached hydrogens (tertiary/aromatic N) is 1. The number of anilines is 1. The number of halogens is 3. The number of nitrogens with two attached hydrogens (primary N) is 1. The summed E-state index contributed by atoms with van der Waals surface area (Å²) in [7, 11) is 1.81. The van der Waals surface area contributed by atoms with Crippen molar-refractivity contribution in [2.24, 2.45) is 7.05 Å². The van der Waals surface area contributed by atoms with E-state index in [-0.39, 0.29) is 34.5 Å². The van der Waals surface area contributed by atoms with Crippen molar-refractivity contribution in [3.8, 4) is 11.5 Å². The molecular weight excluding hydrogens is 440 g/mol. The Labute approximate surface area is 188 Å². The van der Waals surface area contributed by atoms with Crippen LogP contribution in [0.5, 0.6) is 11.5 Å². The predicted octanol–water partition coefficient (Wildman–Crippen LogP) is 5.93. The van der Waals surface area contributed by atoms with E-state index in [4.69, 9.17) is 33.7 Å². The molecular formula is C23H18Cl2FN3O2. The third-order valence-electron chi connectivity index (χ3n) is 4.87. The average Bonchev–Trinajstić information content (AvgIpc) is 3.06. The number of fused-ring (bicyclic) bond motifs is 1. The van der Waals surface area contributed by atoms with Gasteiger partial charge >= 0.3 is 0 Å². The first-order chi connectivity index (χ1) is 14.8. The van der Waals surface area contributed by atoms with Gasteiger partial charge in [-0.05, 0) is 30.3 Å². The zero-order valence-electron chi connectivity index (χ0n) is 16.5. The summed E-state index contributed by atoms with van der Waals surface area (Å²) in [6.45, 7) is -0.0442. The highest BCUT2D eigenvalue weighted by Crippen LogP contribution is 2.35. The van der Waals surface area contributed by atoms with Crippen LogP contribution in [-0.2, 0) is 13.6 Å². The van der Waals surface area contributed by atoms with Crippen LogP contribution in [0.15, 0.2) is 60.7 Å². The Morgan fingerprint density at radius 3 is 2.65 bits per heavy atom. The number of nitrogens with one attached hydrogen (secondary N) is 1. The Morgan fingerprint density at radius 2 is 1.90 bits per heavy atom. The number of para-hydroxylation sites is 1. The molecule has 8 heteroatoms. The van der Waals surface area contributed by atoms with Crippen molar-refractivity contribution in [1.82, 2.24) is 9.88 Å². The largest absolute Gasteiger partial charge is 0.453 e. The van der Waals surface area contributed by atoms with E-state index in [1.807, 2.05) is 31.3 Å². The number of rotatable bonds is 5. The normalized spacial score (nSPS) is 11.0. The minimum Gasteiger partial charge on any atom is -0.453 e. The van der Waals surface area contributed by atoms with E-state index in [9.17, 15) is 4.79 Å². The van der Waals surface area contributed by atoms with Gasteiger partial charge in [0.05, 0.1) is 5.02 Å². The molecule has 3 N–H and O–H groups in total. The van der Waals surface area contributed by atoms with Gasteiger partial charge in [-0.15, -0.1) is 0 Å². The Kier molecular flexibility index (Phi) is 5.76. The standard InChI is InChI=1S/C23H18Cl2FN3O2/c1-29-19-5-3-2-4-13(19)8-20(29)23(30)28-12-14-6-7-18(25)22(21(14)26)31-17-10-15(24)9-16(27)11-17/h2-11H,12,27H2,1H3,(H,28,30). The molecule has 0 aliphatic carbocycles. The van der Waals surface area contributed by atoms with Gasteiger partial charge in [0.2, 0.25) is 0 Å². The van der Waals surface area contributed by atoms with Crippen molar-refractivity contribution in [3.05, 3.63) is 87.8 Å². The van der Waals surface area contributed by atoms with Gasteiger partial charge < -0.3 is 20.4 Å². The van der Waals surface area contributed by atoms with Gasteiger partial charge in [-0.1, -0.05) is 47.5 Å². The van der Waals surface area contributed by atoms with E-state index in [1.54, 1.807) is 16.7 Å². The van der Waals surface area contributed by atoms with Crippen LogP contribution in [0.25, 0.3) is 10.9 Å². The number of amides is 1. The van der Waals surface area contributed by atoms with Crippen molar-refractivity contribution < 1.29 is 13.9 Å². The van der Waals surface area contributed by atoms with Gasteiger partial charge in [0.1, 0.15) is 11.4 Å². The molecule has 0 aliphatic rings. The molecule has 0 bridgehead atoms. The summed E-state index contributed by atoms with van der Waals surface area (Å²) >= 11 is 12.1. The molecule has 4 rings (SSSR count). The number of nitrogen functional groups attached to an aromatic ring is 1. The van der Waals surface area contributed by atoms with Crippen molar-refractivity contribution in [1.29, 1.82) is 0 Å². The number of aryl methyl sites for hydroxylation is 1. The molecule has 0 saturated carbocycles. The number of carbonyl (C=O) groups excluding carboxylic acids is 1. The number of ether oxygens (including phenoxy) is 1. The van der Waals surface area contributed by atoms with Crippen LogP contribution >= 0.6 is 23.2 Å². The number of benzene rings is 3. The molecule has 1 aromatic heterocycles. The fourth-order valence-electron chi connectivity index (χ4n) is 3.34. The fraction of sp³-hybridized carbons (Fsp3) is 0.0870. The van der Waals surface area contributed by atoms with Gasteiger partial charge in [0.25, 0.3) is 5.91 Å². The van der Waals surface area contributed by atoms with E-state index in [0.29, 0.717) is 16.4 Å². The van der Waals surface area contributed by atoms with Crippen LogP contribution < -0.4 is 15.8 Å². The van der Waals surface area contributed by atoms with Crippen molar-refractivity contribution in [2.75, 3.05) is 5.73 Å². The fourth-order valence-corrected chi connectivity index (χ4v) is 3.76. The molecule has 0 saturated heterocycles. The number of aromatic nitrogens is 1. The van der Waals surface area contributed by atoms with Crippen LogP contribution in [-0.4, -0.2) is 10.5 Å². The average molecular weight is 458 g/mol. The SMILES string of the molecule is Cn1c(C(=O)NCc2ccc(Cl)c(Oc3cc(N)cc(Cl)c3)c2F)cc2ccccc21. The first kappa shape index (κ1) is 21.0. The monoisotopic (exact) mass is 457 g/mol. The van der Waals surface area contributed by atoms with Crippen LogP contribution in [0.4, 0.5) is 10.1 Å². The van der Waals surface area contributed by atoms with E-state index in [1.165, 1.54) is 24.3 Å². The molecule has 0 spiro atoms. The summed E-state index contributed by atoms with van der Waals surface area (Å²) in [6, 6.07) is 17.0. The minimum absolute atomic E-state index is 0.0442. The quantitative estimate of drug-likeness (QED) is 0.365. The maximum Gasteiger partial charge on any atom is 0.268 e. The highest BCUT2D eigenvalue weighted by molar-refractivity contribution is 6.32. The minimum atomic E-state index is -0.677. The summed E-state index contributed by atoms with van der Waals surface area (Å²) < 4.78 is 22.5. The van der Waals surface area contributed by atoms with Gasteiger partial charge in [-0.2, -0.15) is 0 Å². The number of hydrogen-bond acceptors (Lipinski definition) is 3. The molecule has 1 heterocycles. The number of hydrogen-bond donors (Lipinski definition) is 2. The molecule has 0 unspecified atom stereocenters. The lowest BCUT2D eigenvalue weighted by Crippen LogP contribution is -2.25. The maximum absolute atomic E-state index is 15.1. The molecule has 3 aromatic carbocycles. The lowest BCUT2D eigenvalue weighted by atomic mass is 10.2. The highest BCUT2D eigenvalue weighted by Gasteiger charge is 2.18. The molecule has 0 atom stereocenters. The molecule has 1 amide bonds. The second-order valence-electron chi connectivity index (χ2n) is 7.00. The summed E-state index contributed by atoms with van der Waals surface area (Å²) in [5.74, 6) is -0.913. The topological polar surface area (TPSA) is 69.3 Å². The van der Waals surface area contributed by atoms with E-state index < -0.39 is 5.82 Å². The zero-order valence-corrected chi connectivity index (χ0v) is 18.0. The Balaban J connectivity index is 1.55. The van der Waals surface area contributed by atoms with Crippen molar-refractivity contribution in [2.45, 2.75) is 6.54 Å². The highest BCUT2D eigenvalue weighted by atomic mass is 35.5. The summed E-state index contributed by atoms with van der Waals surface area (Å²) in [6.07, 6.45) is 0. The maximum atomic E-state index is 15.1. The summed E-state index contributed by atoms with van der Waals surface area (Å²) in [5.41, 5.74) is 7.76. The molecule has 31 heavy (non-hydrogen) atoms. The molecule has 0 aliphatic heterocycles. The van der Waals surface area contributed by atoms with E-state index in [0.717, 1.165) is 10.9 Å². The predicted molar refractivity (Wildman–Crippen MR) is 121 cm³/mol. The van der Waals surface area contributed by atoms with Crippen LogP contribution in [0, 0.1) is 5.82 Å². The third-order valence-corrected chi connectivity index (χ3v) is 5.38. The van der Waals surface area contributed by atoms with Crippen LogP contribution in [0.1, 0.15) is 16.1 Å². The Bertz CT molecular complexity index is 1280. The molecule has 158 valence electrons. The third kappa shape index (κ3) is 4.31. The summed E-state index contributed by atoms with van der Waals surface area (Å²) in [5, 5.41) is 4.13. The van der Waals surface area contributed by atoms with Crippen molar-refractivity contribution >= 4 is 45.7 Å². The molecule has 0 fully saturated rings. The zero-order chi connectivity index (χ0) is 22.1. The van der Waals surface area contributed by atoms with E-state index in [2.05, 4.69) is 5.32 Å². The van der Waals surface area contributed by atoms with Gasteiger partial charge in [-0.25, -0.2) is 4.39 Å². The van der Waals surface area contributed by atoms with E-state index >= 15 is 4.39 Å². The molecule has 5 nitrogen and oxygen atoms in total.